The van der Waals surface area contributed by atoms with Gasteiger partial charge in [0.2, 0.25) is 0 Å². The Bertz CT molecular complexity index is 1370. The molecule has 192 valence electrons. The molecule has 5 nitrogen and oxygen atoms in total. The van der Waals surface area contributed by atoms with Gasteiger partial charge in [0.15, 0.2) is 0 Å². The first-order valence-electron chi connectivity index (χ1n) is 11.6. The van der Waals surface area contributed by atoms with Crippen LogP contribution in [-0.2, 0) is 31.2 Å². The summed E-state index contributed by atoms with van der Waals surface area (Å²) in [5, 5.41) is 0.959. The quantitative estimate of drug-likeness (QED) is 0.226. The third-order valence-electron chi connectivity index (χ3n) is 6.03. The maximum atomic E-state index is 13.0. The Kier molecular flexibility index (Phi) is 8.70. The molecule has 8 heteroatoms. The Balaban J connectivity index is 1.73. The van der Waals surface area contributed by atoms with Crippen molar-refractivity contribution < 1.29 is 17.3 Å². The third-order valence-corrected chi connectivity index (χ3v) is 7.76. The molecule has 0 aliphatic carbocycles. The molecule has 4 aromatic rings. The van der Waals surface area contributed by atoms with Crippen molar-refractivity contribution in [1.82, 2.24) is 0 Å². The minimum atomic E-state index is -4.05. The summed E-state index contributed by atoms with van der Waals surface area (Å²) >= 11 is 12.4. The predicted molar refractivity (Wildman–Crippen MR) is 147 cm³/mol. The standard InChI is InChI=1S/C29H27Cl2NO4S/c1-21-12-14-27(15-13-21)37(33,34)36-20-28(32)29(23-8-4-2-5-9-23,24-10-6-3-7-11-24)35-19-22-16-25(30)18-26(31)17-22/h2-18,28H,19-20,32H2,1H3. The van der Waals surface area contributed by atoms with Gasteiger partial charge in [-0.25, -0.2) is 0 Å². The van der Waals surface area contributed by atoms with Crippen molar-refractivity contribution in [3.05, 3.63) is 135 Å². The van der Waals surface area contributed by atoms with Crippen molar-refractivity contribution in [1.29, 1.82) is 0 Å². The predicted octanol–water partition coefficient (Wildman–Crippen LogP) is 6.50. The number of nitrogens with two attached hydrogens (primary N) is 1. The van der Waals surface area contributed by atoms with Crippen LogP contribution in [0.3, 0.4) is 0 Å². The van der Waals surface area contributed by atoms with Crippen LogP contribution in [0.4, 0.5) is 0 Å². The summed E-state index contributed by atoms with van der Waals surface area (Å²) in [7, 11) is -4.05. The number of rotatable bonds is 10. The molecule has 0 aliphatic rings. The van der Waals surface area contributed by atoms with E-state index in [4.69, 9.17) is 37.9 Å². The lowest BCUT2D eigenvalue weighted by Gasteiger charge is -2.40. The van der Waals surface area contributed by atoms with Crippen LogP contribution in [0.1, 0.15) is 22.3 Å². The first kappa shape index (κ1) is 27.3. The van der Waals surface area contributed by atoms with Crippen LogP contribution in [0.25, 0.3) is 0 Å². The molecule has 0 spiro atoms. The zero-order chi connectivity index (χ0) is 26.5. The molecule has 37 heavy (non-hydrogen) atoms. The lowest BCUT2D eigenvalue weighted by Crippen LogP contribution is -2.51. The average molecular weight is 557 g/mol. The van der Waals surface area contributed by atoms with E-state index < -0.39 is 21.8 Å². The minimum absolute atomic E-state index is 0.0600. The van der Waals surface area contributed by atoms with Crippen LogP contribution < -0.4 is 5.73 Å². The van der Waals surface area contributed by atoms with Gasteiger partial charge < -0.3 is 10.5 Å². The summed E-state index contributed by atoms with van der Waals surface area (Å²) in [4.78, 5) is 0.0600. The molecule has 0 fully saturated rings. The zero-order valence-electron chi connectivity index (χ0n) is 20.2. The van der Waals surface area contributed by atoms with Gasteiger partial charge in [0.05, 0.1) is 24.2 Å². The zero-order valence-corrected chi connectivity index (χ0v) is 22.5. The molecule has 0 radical (unpaired) electrons. The van der Waals surface area contributed by atoms with E-state index in [0.717, 1.165) is 22.3 Å². The summed E-state index contributed by atoms with van der Waals surface area (Å²) in [6, 6.07) is 29.6. The van der Waals surface area contributed by atoms with Crippen molar-refractivity contribution in [2.24, 2.45) is 5.73 Å². The SMILES string of the molecule is Cc1ccc(S(=O)(=O)OCC(N)C(OCc2cc(Cl)cc(Cl)c2)(c2ccccc2)c2ccccc2)cc1. The lowest BCUT2D eigenvalue weighted by atomic mass is 9.80. The van der Waals surface area contributed by atoms with Gasteiger partial charge in [-0.05, 0) is 53.9 Å². The summed E-state index contributed by atoms with van der Waals surface area (Å²) in [5.41, 5.74) is 8.72. The Labute approximate surface area is 227 Å². The molecule has 0 saturated heterocycles. The highest BCUT2D eigenvalue weighted by molar-refractivity contribution is 7.86. The number of ether oxygens (including phenoxy) is 1. The van der Waals surface area contributed by atoms with Gasteiger partial charge in [-0.3, -0.25) is 4.18 Å². The summed E-state index contributed by atoms with van der Waals surface area (Å²) in [6.45, 7) is 1.67. The van der Waals surface area contributed by atoms with E-state index in [0.29, 0.717) is 10.0 Å². The van der Waals surface area contributed by atoms with Gasteiger partial charge in [0.25, 0.3) is 10.1 Å². The van der Waals surface area contributed by atoms with Crippen molar-refractivity contribution >= 4 is 33.3 Å². The molecule has 0 aliphatic heterocycles. The lowest BCUT2D eigenvalue weighted by molar-refractivity contribution is -0.0565. The number of benzene rings is 4. The van der Waals surface area contributed by atoms with E-state index in [1.165, 1.54) is 12.1 Å². The fraction of sp³-hybridized carbons (Fsp3) is 0.172. The van der Waals surface area contributed by atoms with Crippen molar-refractivity contribution in [2.75, 3.05) is 6.61 Å². The molecule has 2 N–H and O–H groups in total. The summed E-state index contributed by atoms with van der Waals surface area (Å²) in [6.07, 6.45) is 0. The molecular weight excluding hydrogens is 529 g/mol. The fourth-order valence-electron chi connectivity index (χ4n) is 4.18. The first-order chi connectivity index (χ1) is 17.7. The van der Waals surface area contributed by atoms with Gasteiger partial charge in [0, 0.05) is 10.0 Å². The van der Waals surface area contributed by atoms with Crippen molar-refractivity contribution in [3.63, 3.8) is 0 Å². The van der Waals surface area contributed by atoms with Crippen molar-refractivity contribution in [2.45, 2.75) is 30.1 Å². The number of halogens is 2. The maximum absolute atomic E-state index is 13.0. The Morgan fingerprint density at radius 2 is 1.32 bits per heavy atom. The van der Waals surface area contributed by atoms with E-state index in [9.17, 15) is 8.42 Å². The van der Waals surface area contributed by atoms with Crippen LogP contribution in [0.5, 0.6) is 0 Å². The molecule has 4 rings (SSSR count). The minimum Gasteiger partial charge on any atom is -0.359 e. The van der Waals surface area contributed by atoms with Gasteiger partial charge >= 0.3 is 0 Å². The molecule has 0 bridgehead atoms. The van der Waals surface area contributed by atoms with Crippen LogP contribution >= 0.6 is 23.2 Å². The van der Waals surface area contributed by atoms with E-state index in [1.807, 2.05) is 67.6 Å². The van der Waals surface area contributed by atoms with Crippen LogP contribution in [0.15, 0.2) is 108 Å². The highest BCUT2D eigenvalue weighted by Crippen LogP contribution is 2.38. The Hall–Kier alpha value is -2.71. The first-order valence-corrected chi connectivity index (χ1v) is 13.8. The topological polar surface area (TPSA) is 78.6 Å². The van der Waals surface area contributed by atoms with Crippen molar-refractivity contribution in [3.8, 4) is 0 Å². The Morgan fingerprint density at radius 1 is 0.811 bits per heavy atom. The largest absolute Gasteiger partial charge is 0.359 e. The molecule has 0 heterocycles. The van der Waals surface area contributed by atoms with E-state index in [-0.39, 0.29) is 18.1 Å². The second kappa shape index (κ2) is 11.8. The highest BCUT2D eigenvalue weighted by atomic mass is 35.5. The van der Waals surface area contributed by atoms with Crippen LogP contribution in [-0.4, -0.2) is 21.1 Å². The van der Waals surface area contributed by atoms with E-state index in [2.05, 4.69) is 0 Å². The molecule has 4 aromatic carbocycles. The molecular formula is C29H27Cl2NO4S. The normalized spacial score (nSPS) is 12.9. The molecule has 0 aromatic heterocycles. The number of aryl methyl sites for hydroxylation is 1. The van der Waals surface area contributed by atoms with E-state index >= 15 is 0 Å². The summed E-state index contributed by atoms with van der Waals surface area (Å²) in [5.74, 6) is 0. The van der Waals surface area contributed by atoms with Gasteiger partial charge in [-0.1, -0.05) is 102 Å². The van der Waals surface area contributed by atoms with E-state index in [1.54, 1.807) is 30.3 Å². The average Bonchev–Trinajstić information content (AvgIpc) is 2.89. The molecule has 0 saturated carbocycles. The Morgan fingerprint density at radius 3 is 1.84 bits per heavy atom. The van der Waals surface area contributed by atoms with Crippen LogP contribution in [0, 0.1) is 6.92 Å². The van der Waals surface area contributed by atoms with Gasteiger partial charge in [-0.2, -0.15) is 8.42 Å². The molecule has 0 amide bonds. The molecule has 1 atom stereocenters. The second-order valence-corrected chi connectivity index (χ2v) is 11.2. The maximum Gasteiger partial charge on any atom is 0.297 e. The molecule has 1 unspecified atom stereocenters. The van der Waals surface area contributed by atoms with Gasteiger partial charge in [0.1, 0.15) is 5.60 Å². The number of hydrogen-bond acceptors (Lipinski definition) is 5. The van der Waals surface area contributed by atoms with Crippen LogP contribution in [0.2, 0.25) is 10.0 Å². The fourth-order valence-corrected chi connectivity index (χ4v) is 5.69. The highest BCUT2D eigenvalue weighted by Gasteiger charge is 2.42. The monoisotopic (exact) mass is 555 g/mol. The third kappa shape index (κ3) is 6.41. The smallest absolute Gasteiger partial charge is 0.297 e. The second-order valence-electron chi connectivity index (χ2n) is 8.69. The van der Waals surface area contributed by atoms with Gasteiger partial charge in [-0.15, -0.1) is 0 Å². The summed E-state index contributed by atoms with van der Waals surface area (Å²) < 4.78 is 38.0. The number of hydrogen-bond donors (Lipinski definition) is 1.